The Morgan fingerprint density at radius 2 is 2.00 bits per heavy atom. The normalized spacial score (nSPS) is 16.0. The molecule has 0 aliphatic carbocycles. The molecule has 1 aromatic heterocycles. The van der Waals surface area contributed by atoms with Gasteiger partial charge in [0.1, 0.15) is 11.6 Å². The smallest absolute Gasteiger partial charge is 0.246 e. The van der Waals surface area contributed by atoms with Crippen LogP contribution >= 0.6 is 11.3 Å². The molecule has 1 atom stereocenters. The lowest BCUT2D eigenvalue weighted by Gasteiger charge is -2.30. The number of carbonyl (C=O) groups is 1. The van der Waals surface area contributed by atoms with Crippen LogP contribution in [0.25, 0.3) is 16.3 Å². The molecular weight excluding hydrogens is 360 g/mol. The van der Waals surface area contributed by atoms with Crippen LogP contribution in [0.4, 0.5) is 0 Å². The van der Waals surface area contributed by atoms with Gasteiger partial charge < -0.3 is 14.4 Å². The fourth-order valence-corrected chi connectivity index (χ4v) is 3.85. The Hall–Kier alpha value is -2.86. The minimum atomic E-state index is -0.181. The first-order valence-corrected chi connectivity index (χ1v) is 9.75. The van der Waals surface area contributed by atoms with E-state index in [1.54, 1.807) is 28.4 Å². The number of carbonyl (C=O) groups excluding carboxylic acids is 1. The van der Waals surface area contributed by atoms with Gasteiger partial charge in [-0.1, -0.05) is 24.3 Å². The van der Waals surface area contributed by atoms with E-state index in [-0.39, 0.29) is 12.0 Å². The lowest BCUT2D eigenvalue weighted by molar-refractivity contribution is -0.127. The van der Waals surface area contributed by atoms with Crippen molar-refractivity contribution >= 4 is 33.5 Å². The van der Waals surface area contributed by atoms with Gasteiger partial charge in [-0.05, 0) is 37.3 Å². The fraction of sp³-hybridized carbons (Fsp3) is 0.238. The molecule has 2 heterocycles. The van der Waals surface area contributed by atoms with E-state index >= 15 is 0 Å². The van der Waals surface area contributed by atoms with E-state index in [0.29, 0.717) is 19.7 Å². The van der Waals surface area contributed by atoms with Gasteiger partial charge in [0.2, 0.25) is 5.91 Å². The highest BCUT2D eigenvalue weighted by Crippen LogP contribution is 2.31. The Morgan fingerprint density at radius 1 is 1.22 bits per heavy atom. The molecular formula is C21H20N2O3S. The molecule has 0 radical (unpaired) electrons. The summed E-state index contributed by atoms with van der Waals surface area (Å²) in [5.74, 6) is 1.42. The molecule has 6 heteroatoms. The Morgan fingerprint density at radius 3 is 2.81 bits per heavy atom. The summed E-state index contributed by atoms with van der Waals surface area (Å²) < 4.78 is 12.8. The molecule has 4 rings (SSSR count). The van der Waals surface area contributed by atoms with Gasteiger partial charge in [-0.25, -0.2) is 4.98 Å². The zero-order valence-electron chi connectivity index (χ0n) is 15.0. The van der Waals surface area contributed by atoms with Crippen LogP contribution in [0.1, 0.15) is 11.9 Å². The van der Waals surface area contributed by atoms with Crippen LogP contribution in [0, 0.1) is 0 Å². The van der Waals surface area contributed by atoms with E-state index < -0.39 is 0 Å². The van der Waals surface area contributed by atoms with Crippen LogP contribution in [0.3, 0.4) is 0 Å². The third-order valence-electron chi connectivity index (χ3n) is 4.36. The summed E-state index contributed by atoms with van der Waals surface area (Å²) in [6.45, 7) is 3.47. The monoisotopic (exact) mass is 380 g/mol. The third-order valence-corrected chi connectivity index (χ3v) is 5.37. The Labute approximate surface area is 161 Å². The Bertz CT molecular complexity index is 949. The topological polar surface area (TPSA) is 51.7 Å². The standard InChI is InChI=1S/C21H20N2O3S/c1-2-23(13-15-14-25-17-8-4-5-9-18(17)26-15)21(24)12-11-20-22-16-7-3-6-10-19(16)27-20/h3-12,15H,2,13-14H2,1H3. The van der Waals surface area contributed by atoms with Crippen molar-refractivity contribution in [1.29, 1.82) is 0 Å². The second-order valence-corrected chi connectivity index (χ2v) is 7.29. The largest absolute Gasteiger partial charge is 0.486 e. The average Bonchev–Trinajstić information content (AvgIpc) is 3.13. The van der Waals surface area contributed by atoms with Crippen molar-refractivity contribution < 1.29 is 14.3 Å². The predicted molar refractivity (Wildman–Crippen MR) is 107 cm³/mol. The van der Waals surface area contributed by atoms with Crippen LogP contribution in [-0.2, 0) is 4.79 Å². The van der Waals surface area contributed by atoms with Crippen LogP contribution in [0.5, 0.6) is 11.5 Å². The fourth-order valence-electron chi connectivity index (χ4n) is 2.98. The van der Waals surface area contributed by atoms with E-state index in [1.165, 1.54) is 0 Å². The van der Waals surface area contributed by atoms with Crippen LogP contribution in [0.15, 0.2) is 54.6 Å². The predicted octanol–water partition coefficient (Wildman–Crippen LogP) is 4.00. The molecule has 2 aromatic carbocycles. The van der Waals surface area contributed by atoms with Crippen molar-refractivity contribution in [3.63, 3.8) is 0 Å². The number of nitrogens with zero attached hydrogens (tertiary/aromatic N) is 2. The van der Waals surface area contributed by atoms with Crippen LogP contribution < -0.4 is 9.47 Å². The number of fused-ring (bicyclic) bond motifs is 2. The van der Waals surface area contributed by atoms with E-state index in [1.807, 2.05) is 55.5 Å². The molecule has 1 amide bonds. The summed E-state index contributed by atoms with van der Waals surface area (Å²) >= 11 is 1.57. The molecule has 138 valence electrons. The quantitative estimate of drug-likeness (QED) is 0.628. The number of ether oxygens (including phenoxy) is 2. The average molecular weight is 380 g/mol. The summed E-state index contributed by atoms with van der Waals surface area (Å²) in [6.07, 6.45) is 3.18. The van der Waals surface area contributed by atoms with E-state index in [0.717, 1.165) is 26.7 Å². The lowest BCUT2D eigenvalue weighted by atomic mass is 10.2. The summed E-state index contributed by atoms with van der Waals surface area (Å²) in [6, 6.07) is 15.5. The number of rotatable bonds is 5. The second kappa shape index (κ2) is 7.80. The SMILES string of the molecule is CCN(CC1COc2ccccc2O1)C(=O)C=Cc1nc2ccccc2s1. The van der Waals surface area contributed by atoms with E-state index in [4.69, 9.17) is 9.47 Å². The number of thiazole rings is 1. The van der Waals surface area contributed by atoms with Crippen LogP contribution in [0.2, 0.25) is 0 Å². The molecule has 1 aliphatic rings. The number of benzene rings is 2. The van der Waals surface area contributed by atoms with Gasteiger partial charge in [-0.15, -0.1) is 11.3 Å². The van der Waals surface area contributed by atoms with E-state index in [9.17, 15) is 4.79 Å². The highest BCUT2D eigenvalue weighted by Gasteiger charge is 2.24. The summed E-state index contributed by atoms with van der Waals surface area (Å²) in [5.41, 5.74) is 0.952. The minimum absolute atomic E-state index is 0.0563. The molecule has 0 bridgehead atoms. The highest BCUT2D eigenvalue weighted by molar-refractivity contribution is 7.19. The van der Waals surface area contributed by atoms with E-state index in [2.05, 4.69) is 4.98 Å². The molecule has 1 unspecified atom stereocenters. The first-order chi connectivity index (χ1) is 13.2. The number of hydrogen-bond acceptors (Lipinski definition) is 5. The van der Waals surface area contributed by atoms with Crippen molar-refractivity contribution in [2.24, 2.45) is 0 Å². The molecule has 3 aromatic rings. The first-order valence-electron chi connectivity index (χ1n) is 8.94. The van der Waals surface area contributed by atoms with Gasteiger partial charge in [0.05, 0.1) is 16.8 Å². The second-order valence-electron chi connectivity index (χ2n) is 6.23. The number of hydrogen-bond donors (Lipinski definition) is 0. The van der Waals surface area contributed by atoms with Crippen molar-refractivity contribution in [3.05, 3.63) is 59.6 Å². The number of para-hydroxylation sites is 3. The molecule has 0 N–H and O–H groups in total. The maximum Gasteiger partial charge on any atom is 0.246 e. The highest BCUT2D eigenvalue weighted by atomic mass is 32.1. The minimum Gasteiger partial charge on any atom is -0.486 e. The van der Waals surface area contributed by atoms with Crippen molar-refractivity contribution in [2.45, 2.75) is 13.0 Å². The van der Waals surface area contributed by atoms with Crippen molar-refractivity contribution in [2.75, 3.05) is 19.7 Å². The molecule has 27 heavy (non-hydrogen) atoms. The van der Waals surface area contributed by atoms with Gasteiger partial charge in [0, 0.05) is 12.6 Å². The van der Waals surface area contributed by atoms with Crippen LogP contribution in [-0.4, -0.2) is 41.6 Å². The zero-order valence-corrected chi connectivity index (χ0v) is 15.8. The molecule has 5 nitrogen and oxygen atoms in total. The number of aromatic nitrogens is 1. The molecule has 1 aliphatic heterocycles. The molecule has 0 saturated carbocycles. The van der Waals surface area contributed by atoms with Crippen molar-refractivity contribution in [1.82, 2.24) is 9.88 Å². The zero-order chi connectivity index (χ0) is 18.6. The van der Waals surface area contributed by atoms with Gasteiger partial charge >= 0.3 is 0 Å². The first kappa shape index (κ1) is 17.5. The number of amides is 1. The summed E-state index contributed by atoms with van der Waals surface area (Å²) in [4.78, 5) is 18.9. The Kier molecular flexibility index (Phi) is 5.07. The third kappa shape index (κ3) is 3.95. The van der Waals surface area contributed by atoms with Crippen molar-refractivity contribution in [3.8, 4) is 11.5 Å². The maximum absolute atomic E-state index is 12.6. The lowest BCUT2D eigenvalue weighted by Crippen LogP contribution is -2.43. The Balaban J connectivity index is 1.41. The van der Waals surface area contributed by atoms with Gasteiger partial charge in [-0.2, -0.15) is 0 Å². The maximum atomic E-state index is 12.6. The molecule has 0 spiro atoms. The van der Waals surface area contributed by atoms with Gasteiger partial charge in [0.25, 0.3) is 0 Å². The molecule has 0 fully saturated rings. The van der Waals surface area contributed by atoms with Gasteiger partial charge in [-0.3, -0.25) is 4.79 Å². The van der Waals surface area contributed by atoms with Gasteiger partial charge in [0.15, 0.2) is 17.6 Å². The summed E-state index contributed by atoms with van der Waals surface area (Å²) in [5, 5.41) is 0.826. The molecule has 0 saturated heterocycles. The number of likely N-dealkylation sites (N-methyl/N-ethyl adjacent to an activating group) is 1. The summed E-state index contributed by atoms with van der Waals surface area (Å²) in [7, 11) is 0.